The van der Waals surface area contributed by atoms with E-state index in [1.54, 1.807) is 17.0 Å². The molecule has 154 valence electrons. The average molecular weight is 441 g/mol. The van der Waals surface area contributed by atoms with Gasteiger partial charge in [-0.2, -0.15) is 4.98 Å². The van der Waals surface area contributed by atoms with Crippen molar-refractivity contribution in [2.24, 2.45) is 0 Å². The molecular weight excluding hydrogens is 420 g/mol. The van der Waals surface area contributed by atoms with Crippen molar-refractivity contribution >= 4 is 35.0 Å². The largest absolute Gasteiger partial charge is 0.447 e. The zero-order valence-electron chi connectivity index (χ0n) is 16.9. The molecule has 0 aliphatic carbocycles. The van der Waals surface area contributed by atoms with Crippen LogP contribution in [0.3, 0.4) is 0 Å². The minimum absolute atomic E-state index is 0.0750. The number of aromatic nitrogens is 3. The van der Waals surface area contributed by atoms with Gasteiger partial charge >= 0.3 is 0 Å². The standard InChI is InChI=1S/C22H21ClN4O2S/c1-4-18(28)27-17-10-9-15(23)12-16(17)19-20(24-22(26-25-19)30-5-2)29-21(27)14-8-6-7-13(3)11-14/h6-12,21H,4-5H2,1-3H3/t21-/m0/s1. The van der Waals surface area contributed by atoms with Gasteiger partial charge in [-0.15, -0.1) is 10.2 Å². The highest BCUT2D eigenvalue weighted by Gasteiger charge is 2.35. The first-order valence-corrected chi connectivity index (χ1v) is 11.1. The van der Waals surface area contributed by atoms with Crippen molar-refractivity contribution in [3.8, 4) is 17.1 Å². The normalized spacial score (nSPS) is 15.1. The maximum atomic E-state index is 13.1. The van der Waals surface area contributed by atoms with Crippen molar-refractivity contribution in [3.05, 3.63) is 58.6 Å². The average Bonchev–Trinajstić information content (AvgIpc) is 2.87. The van der Waals surface area contributed by atoms with Crippen LogP contribution in [0, 0.1) is 6.92 Å². The summed E-state index contributed by atoms with van der Waals surface area (Å²) in [4.78, 5) is 19.4. The Kier molecular flexibility index (Phi) is 5.92. The summed E-state index contributed by atoms with van der Waals surface area (Å²) in [5.41, 5.74) is 3.74. The van der Waals surface area contributed by atoms with Crippen molar-refractivity contribution in [1.29, 1.82) is 0 Å². The summed E-state index contributed by atoms with van der Waals surface area (Å²) < 4.78 is 6.38. The van der Waals surface area contributed by atoms with E-state index in [1.165, 1.54) is 11.8 Å². The third-order valence-electron chi connectivity index (χ3n) is 4.74. The number of carbonyl (C=O) groups is 1. The van der Waals surface area contributed by atoms with E-state index in [2.05, 4.69) is 15.2 Å². The minimum Gasteiger partial charge on any atom is -0.447 e. The van der Waals surface area contributed by atoms with Crippen molar-refractivity contribution in [2.45, 2.75) is 38.6 Å². The lowest BCUT2D eigenvalue weighted by atomic mass is 10.1. The predicted molar refractivity (Wildman–Crippen MR) is 119 cm³/mol. The number of anilines is 1. The number of halogens is 1. The van der Waals surface area contributed by atoms with Crippen molar-refractivity contribution < 1.29 is 9.53 Å². The summed E-state index contributed by atoms with van der Waals surface area (Å²) >= 11 is 7.77. The van der Waals surface area contributed by atoms with Gasteiger partial charge in [-0.1, -0.05) is 67.0 Å². The molecule has 2 heterocycles. The minimum atomic E-state index is -0.685. The number of fused-ring (bicyclic) bond motifs is 3. The summed E-state index contributed by atoms with van der Waals surface area (Å²) in [7, 11) is 0. The molecule has 4 rings (SSSR count). The van der Waals surface area contributed by atoms with Gasteiger partial charge in [0.1, 0.15) is 0 Å². The number of carbonyl (C=O) groups excluding carboxylic acids is 1. The predicted octanol–water partition coefficient (Wildman–Crippen LogP) is 5.45. The van der Waals surface area contributed by atoms with Crippen LogP contribution < -0.4 is 9.64 Å². The molecule has 8 heteroatoms. The van der Waals surface area contributed by atoms with Gasteiger partial charge in [-0.25, -0.2) is 0 Å². The number of hydrogen-bond donors (Lipinski definition) is 0. The second-order valence-corrected chi connectivity index (χ2v) is 8.51. The first-order chi connectivity index (χ1) is 14.5. The number of aryl methyl sites for hydroxylation is 1. The van der Waals surface area contributed by atoms with Crippen LogP contribution in [-0.2, 0) is 4.79 Å². The van der Waals surface area contributed by atoms with Crippen LogP contribution in [0.5, 0.6) is 5.88 Å². The zero-order chi connectivity index (χ0) is 21.3. The molecule has 6 nitrogen and oxygen atoms in total. The van der Waals surface area contributed by atoms with Gasteiger partial charge in [0.2, 0.25) is 23.2 Å². The first kappa shape index (κ1) is 20.6. The number of ether oxygens (including phenoxy) is 1. The Balaban J connectivity index is 1.98. The van der Waals surface area contributed by atoms with Crippen LogP contribution in [0.1, 0.15) is 37.6 Å². The Morgan fingerprint density at radius 2 is 2.03 bits per heavy atom. The number of rotatable bonds is 4. The molecular formula is C22H21ClN4O2S. The molecule has 1 aliphatic rings. The van der Waals surface area contributed by atoms with Gasteiger partial charge in [-0.3, -0.25) is 9.69 Å². The lowest BCUT2D eigenvalue weighted by molar-refractivity contribution is -0.120. The number of amides is 1. The van der Waals surface area contributed by atoms with Crippen LogP contribution in [-0.4, -0.2) is 26.8 Å². The molecule has 30 heavy (non-hydrogen) atoms. The maximum absolute atomic E-state index is 13.1. The van der Waals surface area contributed by atoms with Crippen LogP contribution in [0.2, 0.25) is 5.02 Å². The summed E-state index contributed by atoms with van der Waals surface area (Å²) in [6.45, 7) is 5.86. The Morgan fingerprint density at radius 3 is 2.77 bits per heavy atom. The van der Waals surface area contributed by atoms with Gasteiger partial charge in [-0.05, 0) is 30.9 Å². The Hall–Kier alpha value is -2.64. The van der Waals surface area contributed by atoms with Gasteiger partial charge in [0.25, 0.3) is 0 Å². The molecule has 1 aliphatic heterocycles. The fourth-order valence-corrected chi connectivity index (χ4v) is 4.08. The SMILES string of the molecule is CCSc1nnc2c(n1)O[C@@H](c1cccc(C)c1)N(C(=O)CC)c1ccc(Cl)cc1-2. The first-order valence-electron chi connectivity index (χ1n) is 9.74. The van der Waals surface area contributed by atoms with E-state index in [4.69, 9.17) is 16.3 Å². The second kappa shape index (κ2) is 8.62. The van der Waals surface area contributed by atoms with Gasteiger partial charge in [0.15, 0.2) is 5.69 Å². The molecule has 2 aromatic carbocycles. The Bertz CT molecular complexity index is 1110. The molecule has 0 spiro atoms. The van der Waals surface area contributed by atoms with Gasteiger partial charge in [0.05, 0.1) is 5.69 Å². The number of nitrogens with zero attached hydrogens (tertiary/aromatic N) is 4. The molecule has 0 unspecified atom stereocenters. The third kappa shape index (κ3) is 3.87. The highest BCUT2D eigenvalue weighted by Crippen LogP contribution is 2.44. The summed E-state index contributed by atoms with van der Waals surface area (Å²) in [5.74, 6) is 1.07. The van der Waals surface area contributed by atoms with Crippen molar-refractivity contribution in [1.82, 2.24) is 15.2 Å². The van der Waals surface area contributed by atoms with E-state index in [1.807, 2.05) is 51.1 Å². The lowest BCUT2D eigenvalue weighted by Gasteiger charge is -2.30. The molecule has 0 N–H and O–H groups in total. The Labute approximate surface area is 184 Å². The number of thioether (sulfide) groups is 1. The smallest absolute Gasteiger partial charge is 0.247 e. The lowest BCUT2D eigenvalue weighted by Crippen LogP contribution is -2.37. The Morgan fingerprint density at radius 1 is 1.20 bits per heavy atom. The van der Waals surface area contributed by atoms with E-state index in [0.717, 1.165) is 16.9 Å². The summed E-state index contributed by atoms with van der Waals surface area (Å²) in [6.07, 6.45) is -0.366. The van der Waals surface area contributed by atoms with Gasteiger partial charge < -0.3 is 4.74 Å². The fraction of sp³-hybridized carbons (Fsp3) is 0.273. The van der Waals surface area contributed by atoms with E-state index >= 15 is 0 Å². The van der Waals surface area contributed by atoms with Crippen molar-refractivity contribution in [2.75, 3.05) is 10.7 Å². The zero-order valence-corrected chi connectivity index (χ0v) is 18.5. The third-order valence-corrected chi connectivity index (χ3v) is 5.69. The van der Waals surface area contributed by atoms with E-state index in [9.17, 15) is 4.79 Å². The molecule has 0 radical (unpaired) electrons. The molecule has 0 saturated carbocycles. The molecule has 0 fully saturated rings. The van der Waals surface area contributed by atoms with E-state index < -0.39 is 6.23 Å². The molecule has 1 aromatic heterocycles. The number of benzene rings is 2. The van der Waals surface area contributed by atoms with Gasteiger partial charge in [0, 0.05) is 22.6 Å². The van der Waals surface area contributed by atoms with E-state index in [0.29, 0.717) is 39.4 Å². The summed E-state index contributed by atoms with van der Waals surface area (Å²) in [6, 6.07) is 13.3. The number of hydrogen-bond acceptors (Lipinski definition) is 6. The van der Waals surface area contributed by atoms with E-state index in [-0.39, 0.29) is 5.91 Å². The molecule has 3 aromatic rings. The van der Waals surface area contributed by atoms with Crippen LogP contribution in [0.4, 0.5) is 5.69 Å². The molecule has 1 atom stereocenters. The highest BCUT2D eigenvalue weighted by atomic mass is 35.5. The fourth-order valence-electron chi connectivity index (χ4n) is 3.41. The van der Waals surface area contributed by atoms with Crippen molar-refractivity contribution in [3.63, 3.8) is 0 Å². The maximum Gasteiger partial charge on any atom is 0.247 e. The highest BCUT2D eigenvalue weighted by molar-refractivity contribution is 7.99. The molecule has 0 bridgehead atoms. The van der Waals surface area contributed by atoms with Crippen LogP contribution in [0.15, 0.2) is 47.6 Å². The topological polar surface area (TPSA) is 68.2 Å². The van der Waals surface area contributed by atoms with Crippen LogP contribution in [0.25, 0.3) is 11.3 Å². The van der Waals surface area contributed by atoms with Crippen LogP contribution >= 0.6 is 23.4 Å². The second-order valence-electron chi connectivity index (χ2n) is 6.84. The molecule has 0 saturated heterocycles. The monoisotopic (exact) mass is 440 g/mol. The summed E-state index contributed by atoms with van der Waals surface area (Å²) in [5, 5.41) is 9.68. The quantitative estimate of drug-likeness (QED) is 0.502. The molecule has 1 amide bonds.